The Morgan fingerprint density at radius 1 is 1.47 bits per heavy atom. The summed E-state index contributed by atoms with van der Waals surface area (Å²) in [5, 5.41) is 11.3. The lowest BCUT2D eigenvalue weighted by molar-refractivity contribution is 0.0983. The lowest BCUT2D eigenvalue weighted by Crippen LogP contribution is -2.38. The Kier molecular flexibility index (Phi) is 2.36. The summed E-state index contributed by atoms with van der Waals surface area (Å²) in [6.45, 7) is 3.24. The third-order valence-corrected chi connectivity index (χ3v) is 3.61. The third kappa shape index (κ3) is 1.60. The molecule has 2 aromatic rings. The van der Waals surface area contributed by atoms with Gasteiger partial charge in [-0.15, -0.1) is 11.3 Å². The van der Waals surface area contributed by atoms with Crippen molar-refractivity contribution in [2.24, 2.45) is 0 Å². The number of carbonyl (C=O) groups excluding carboxylic acids is 1. The molecule has 7 nitrogen and oxygen atoms in total. The Morgan fingerprint density at radius 2 is 2.35 bits per heavy atom. The highest BCUT2D eigenvalue weighted by Gasteiger charge is 2.28. The number of rotatable bonds is 1. The van der Waals surface area contributed by atoms with Gasteiger partial charge in [0.1, 0.15) is 4.88 Å². The maximum atomic E-state index is 12.3. The number of hydrogen-bond donors (Lipinski definition) is 0. The van der Waals surface area contributed by atoms with Crippen LogP contribution in [0.5, 0.6) is 0 Å². The van der Waals surface area contributed by atoms with Crippen molar-refractivity contribution < 1.29 is 4.79 Å². The van der Waals surface area contributed by atoms with Crippen LogP contribution in [0.4, 0.5) is 5.95 Å². The molecule has 1 aliphatic rings. The molecule has 0 saturated carbocycles. The topological polar surface area (TPSA) is 76.8 Å². The number of tetrazole rings is 1. The van der Waals surface area contributed by atoms with Crippen molar-refractivity contribution in [1.82, 2.24) is 25.2 Å². The van der Waals surface area contributed by atoms with Gasteiger partial charge in [-0.05, 0) is 23.8 Å². The molecule has 3 heterocycles. The summed E-state index contributed by atoms with van der Waals surface area (Å²) in [5.41, 5.74) is 2.43. The van der Waals surface area contributed by atoms with Gasteiger partial charge < -0.3 is 0 Å². The van der Waals surface area contributed by atoms with Crippen LogP contribution in [0.15, 0.2) is 5.51 Å². The van der Waals surface area contributed by atoms with Crippen LogP contribution in [0.1, 0.15) is 21.8 Å². The molecule has 8 heteroatoms. The number of carbonyl (C=O) groups is 1. The van der Waals surface area contributed by atoms with E-state index in [1.807, 2.05) is 6.92 Å². The number of thiazole rings is 1. The monoisotopic (exact) mass is 250 g/mol. The average molecular weight is 250 g/mol. The Labute approximate surface area is 101 Å². The van der Waals surface area contributed by atoms with Crippen molar-refractivity contribution in [3.05, 3.63) is 16.1 Å². The van der Waals surface area contributed by atoms with Gasteiger partial charge in [0.05, 0.1) is 11.2 Å². The van der Waals surface area contributed by atoms with Crippen LogP contribution in [-0.4, -0.2) is 37.6 Å². The van der Waals surface area contributed by atoms with Crippen molar-refractivity contribution in [2.75, 3.05) is 11.4 Å². The second kappa shape index (κ2) is 3.88. The highest BCUT2D eigenvalue weighted by Crippen LogP contribution is 2.21. The minimum atomic E-state index is -0.0687. The lowest BCUT2D eigenvalue weighted by atomic mass is 10.3. The number of anilines is 1. The normalized spacial score (nSPS) is 14.8. The summed E-state index contributed by atoms with van der Waals surface area (Å²) in [7, 11) is 0. The fraction of sp³-hybridized carbons (Fsp3) is 0.444. The van der Waals surface area contributed by atoms with Crippen LogP contribution in [-0.2, 0) is 6.54 Å². The van der Waals surface area contributed by atoms with E-state index in [1.54, 1.807) is 15.1 Å². The first kappa shape index (κ1) is 10.3. The van der Waals surface area contributed by atoms with E-state index >= 15 is 0 Å². The van der Waals surface area contributed by atoms with E-state index in [0.29, 0.717) is 17.4 Å². The van der Waals surface area contributed by atoms with E-state index in [4.69, 9.17) is 0 Å². The molecule has 1 aliphatic heterocycles. The maximum Gasteiger partial charge on any atom is 0.272 e. The Hall–Kier alpha value is -1.83. The number of aryl methyl sites for hydroxylation is 2. The van der Waals surface area contributed by atoms with Crippen molar-refractivity contribution >= 4 is 23.2 Å². The number of aromatic nitrogens is 5. The molecule has 2 aromatic heterocycles. The van der Waals surface area contributed by atoms with E-state index in [1.165, 1.54) is 11.3 Å². The van der Waals surface area contributed by atoms with Crippen molar-refractivity contribution in [3.63, 3.8) is 0 Å². The summed E-state index contributed by atoms with van der Waals surface area (Å²) in [6.07, 6.45) is 0.863. The SMILES string of the molecule is Cc1ncsc1C(=O)N1CCCn2nnnc21. The van der Waals surface area contributed by atoms with Crippen LogP contribution in [0.2, 0.25) is 0 Å². The van der Waals surface area contributed by atoms with Crippen LogP contribution >= 0.6 is 11.3 Å². The molecule has 3 rings (SSSR count). The molecular formula is C9H10N6OS. The average Bonchev–Trinajstić information content (AvgIpc) is 2.95. The Balaban J connectivity index is 1.97. The van der Waals surface area contributed by atoms with Crippen LogP contribution < -0.4 is 4.90 Å². The first-order valence-corrected chi connectivity index (χ1v) is 6.13. The quantitative estimate of drug-likeness (QED) is 0.736. The van der Waals surface area contributed by atoms with Gasteiger partial charge in [-0.2, -0.15) is 0 Å². The molecule has 0 radical (unpaired) electrons. The van der Waals surface area contributed by atoms with Crippen LogP contribution in [0, 0.1) is 6.92 Å². The van der Waals surface area contributed by atoms with Crippen molar-refractivity contribution in [2.45, 2.75) is 19.9 Å². The molecule has 0 aliphatic carbocycles. The number of hydrogen-bond acceptors (Lipinski definition) is 6. The van der Waals surface area contributed by atoms with E-state index in [0.717, 1.165) is 18.7 Å². The van der Waals surface area contributed by atoms with Gasteiger partial charge in [0.25, 0.3) is 11.9 Å². The highest BCUT2D eigenvalue weighted by molar-refractivity contribution is 7.12. The molecule has 0 spiro atoms. The number of fused-ring (bicyclic) bond motifs is 1. The highest BCUT2D eigenvalue weighted by atomic mass is 32.1. The van der Waals surface area contributed by atoms with Crippen LogP contribution in [0.25, 0.3) is 0 Å². The summed E-state index contributed by atoms with van der Waals surface area (Å²) >= 11 is 1.35. The van der Waals surface area contributed by atoms with Crippen molar-refractivity contribution in [3.8, 4) is 0 Å². The Bertz CT molecular complexity index is 561. The third-order valence-electron chi connectivity index (χ3n) is 2.69. The fourth-order valence-electron chi connectivity index (χ4n) is 1.84. The molecule has 17 heavy (non-hydrogen) atoms. The molecule has 0 atom stereocenters. The smallest absolute Gasteiger partial charge is 0.272 e. The zero-order valence-electron chi connectivity index (χ0n) is 9.20. The molecule has 0 bridgehead atoms. The number of amides is 1. The molecular weight excluding hydrogens is 240 g/mol. The van der Waals surface area contributed by atoms with Gasteiger partial charge in [0.15, 0.2) is 0 Å². The molecule has 1 amide bonds. The Morgan fingerprint density at radius 3 is 3.12 bits per heavy atom. The second-order valence-electron chi connectivity index (χ2n) is 3.78. The standard InChI is InChI=1S/C9H10N6OS/c1-6-7(17-5-10-6)8(16)14-3-2-4-15-9(14)11-12-13-15/h5H,2-4H2,1H3. The predicted octanol–water partition coefficient (Wildman–Crippen LogP) is 0.489. The van der Waals surface area contributed by atoms with Gasteiger partial charge in [0.2, 0.25) is 0 Å². The van der Waals surface area contributed by atoms with Crippen LogP contribution in [0.3, 0.4) is 0 Å². The zero-order valence-corrected chi connectivity index (χ0v) is 10.0. The maximum absolute atomic E-state index is 12.3. The van der Waals surface area contributed by atoms with E-state index in [9.17, 15) is 4.79 Å². The van der Waals surface area contributed by atoms with E-state index < -0.39 is 0 Å². The van der Waals surface area contributed by atoms with E-state index in [-0.39, 0.29) is 5.91 Å². The minimum Gasteiger partial charge on any atom is -0.275 e. The van der Waals surface area contributed by atoms with Gasteiger partial charge >= 0.3 is 0 Å². The van der Waals surface area contributed by atoms with Gasteiger partial charge in [-0.3, -0.25) is 9.69 Å². The molecule has 0 fully saturated rings. The summed E-state index contributed by atoms with van der Waals surface area (Å²) in [4.78, 5) is 18.7. The molecule has 0 aromatic carbocycles. The zero-order chi connectivity index (χ0) is 11.8. The fourth-order valence-corrected chi connectivity index (χ4v) is 2.59. The summed E-state index contributed by atoms with van der Waals surface area (Å²) in [5.74, 6) is 0.454. The van der Waals surface area contributed by atoms with Gasteiger partial charge in [-0.25, -0.2) is 9.67 Å². The number of nitrogens with zero attached hydrogens (tertiary/aromatic N) is 6. The van der Waals surface area contributed by atoms with Crippen molar-refractivity contribution in [1.29, 1.82) is 0 Å². The minimum absolute atomic E-state index is 0.0687. The molecule has 0 N–H and O–H groups in total. The molecule has 0 unspecified atom stereocenters. The lowest BCUT2D eigenvalue weighted by Gasteiger charge is -2.24. The predicted molar refractivity (Wildman–Crippen MR) is 61.0 cm³/mol. The molecule has 88 valence electrons. The van der Waals surface area contributed by atoms with E-state index in [2.05, 4.69) is 20.5 Å². The summed E-state index contributed by atoms with van der Waals surface area (Å²) < 4.78 is 1.65. The summed E-state index contributed by atoms with van der Waals surface area (Å²) in [6, 6.07) is 0. The molecule has 0 saturated heterocycles. The first-order valence-electron chi connectivity index (χ1n) is 5.25. The van der Waals surface area contributed by atoms with Gasteiger partial charge in [-0.1, -0.05) is 5.10 Å². The van der Waals surface area contributed by atoms with Gasteiger partial charge in [0, 0.05) is 13.1 Å². The largest absolute Gasteiger partial charge is 0.275 e. The first-order chi connectivity index (χ1) is 8.27. The second-order valence-corrected chi connectivity index (χ2v) is 4.63.